The molecule has 2 rings (SSSR count). The number of hydrogen-bond donors (Lipinski definition) is 1. The van der Waals surface area contributed by atoms with Crippen LogP contribution < -0.4 is 5.73 Å². The number of rotatable bonds is 2. The number of aromatic nitrogens is 4. The van der Waals surface area contributed by atoms with E-state index in [1.165, 1.54) is 15.9 Å². The zero-order chi connectivity index (χ0) is 12.4. The van der Waals surface area contributed by atoms with Crippen LogP contribution in [0.15, 0.2) is 24.7 Å². The van der Waals surface area contributed by atoms with Gasteiger partial charge in [-0.15, -0.1) is 5.10 Å². The first-order chi connectivity index (χ1) is 8.08. The van der Waals surface area contributed by atoms with E-state index in [1.54, 1.807) is 32.4 Å². The van der Waals surface area contributed by atoms with Crippen LogP contribution in [0.3, 0.4) is 0 Å². The second-order valence-corrected chi connectivity index (χ2v) is 3.65. The van der Waals surface area contributed by atoms with Gasteiger partial charge in [0.2, 0.25) is 5.95 Å². The first-order valence-electron chi connectivity index (χ1n) is 4.93. The Labute approximate surface area is 97.9 Å². The van der Waals surface area contributed by atoms with Gasteiger partial charge >= 0.3 is 0 Å². The van der Waals surface area contributed by atoms with Crippen LogP contribution in [0.25, 0.3) is 5.69 Å². The Morgan fingerprint density at radius 1 is 1.41 bits per heavy atom. The predicted octanol–water partition coefficient (Wildman–Crippen LogP) is -0.0537. The van der Waals surface area contributed by atoms with E-state index in [1.807, 2.05) is 0 Å². The summed E-state index contributed by atoms with van der Waals surface area (Å²) in [4.78, 5) is 21.0. The molecular weight excluding hydrogens is 220 g/mol. The van der Waals surface area contributed by atoms with Gasteiger partial charge in [0.25, 0.3) is 5.91 Å². The highest BCUT2D eigenvalue weighted by Crippen LogP contribution is 2.08. The predicted molar refractivity (Wildman–Crippen MR) is 61.6 cm³/mol. The third-order valence-corrected chi connectivity index (χ3v) is 2.14. The second kappa shape index (κ2) is 4.20. The molecule has 17 heavy (non-hydrogen) atoms. The van der Waals surface area contributed by atoms with Crippen molar-refractivity contribution in [3.63, 3.8) is 0 Å². The van der Waals surface area contributed by atoms with E-state index in [-0.39, 0.29) is 11.9 Å². The minimum absolute atomic E-state index is 0.167. The van der Waals surface area contributed by atoms with Crippen LogP contribution in [-0.2, 0) is 0 Å². The summed E-state index contributed by atoms with van der Waals surface area (Å²) in [7, 11) is 3.34. The number of anilines is 1. The van der Waals surface area contributed by atoms with E-state index in [0.717, 1.165) is 0 Å². The normalized spacial score (nSPS) is 10.2. The smallest absolute Gasteiger partial charge is 0.272 e. The Balaban J connectivity index is 2.38. The Hall–Kier alpha value is -2.44. The summed E-state index contributed by atoms with van der Waals surface area (Å²) in [6.45, 7) is 0. The third kappa shape index (κ3) is 2.22. The monoisotopic (exact) mass is 232 g/mol. The quantitative estimate of drug-likeness (QED) is 0.783. The molecule has 1 amide bonds. The Bertz CT molecular complexity index is 547. The lowest BCUT2D eigenvalue weighted by molar-refractivity contribution is 0.0822. The van der Waals surface area contributed by atoms with Crippen molar-refractivity contribution in [1.29, 1.82) is 0 Å². The summed E-state index contributed by atoms with van der Waals surface area (Å²) < 4.78 is 1.49. The van der Waals surface area contributed by atoms with Crippen molar-refractivity contribution in [3.8, 4) is 5.69 Å². The fraction of sp³-hybridized carbons (Fsp3) is 0.200. The van der Waals surface area contributed by atoms with Gasteiger partial charge in [-0.25, -0.2) is 9.67 Å². The summed E-state index contributed by atoms with van der Waals surface area (Å²) in [6, 6.07) is 3.36. The summed E-state index contributed by atoms with van der Waals surface area (Å²) in [6.07, 6.45) is 3.03. The SMILES string of the molecule is CN(C)C(=O)c1cc(-n2cnc(N)n2)ccn1. The van der Waals surface area contributed by atoms with E-state index in [2.05, 4.69) is 15.1 Å². The largest absolute Gasteiger partial charge is 0.366 e. The standard InChI is InChI=1S/C10H12N6O/c1-15(2)9(17)8-5-7(3-4-12-8)16-6-13-10(11)14-16/h3-6H,1-2H3,(H2,11,14). The minimum Gasteiger partial charge on any atom is -0.366 e. The van der Waals surface area contributed by atoms with E-state index in [0.29, 0.717) is 11.4 Å². The van der Waals surface area contributed by atoms with Crippen LogP contribution in [-0.4, -0.2) is 44.7 Å². The summed E-state index contributed by atoms with van der Waals surface area (Å²) >= 11 is 0. The third-order valence-electron chi connectivity index (χ3n) is 2.14. The van der Waals surface area contributed by atoms with E-state index < -0.39 is 0 Å². The maximum atomic E-state index is 11.7. The van der Waals surface area contributed by atoms with Crippen molar-refractivity contribution in [2.24, 2.45) is 0 Å². The van der Waals surface area contributed by atoms with Gasteiger partial charge in [0, 0.05) is 20.3 Å². The van der Waals surface area contributed by atoms with Crippen molar-refractivity contribution >= 4 is 11.9 Å². The fourth-order valence-corrected chi connectivity index (χ4v) is 1.31. The van der Waals surface area contributed by atoms with Gasteiger partial charge in [-0.05, 0) is 12.1 Å². The summed E-state index contributed by atoms with van der Waals surface area (Å²) in [5.74, 6) is 0.0160. The zero-order valence-electron chi connectivity index (χ0n) is 9.53. The van der Waals surface area contributed by atoms with Crippen LogP contribution in [0.4, 0.5) is 5.95 Å². The molecule has 7 heteroatoms. The highest BCUT2D eigenvalue weighted by atomic mass is 16.2. The van der Waals surface area contributed by atoms with Gasteiger partial charge in [-0.2, -0.15) is 0 Å². The van der Waals surface area contributed by atoms with Gasteiger partial charge in [0.15, 0.2) is 0 Å². The summed E-state index contributed by atoms with van der Waals surface area (Å²) in [5, 5.41) is 3.96. The average Bonchev–Trinajstić information content (AvgIpc) is 2.75. The van der Waals surface area contributed by atoms with Crippen molar-refractivity contribution in [2.45, 2.75) is 0 Å². The van der Waals surface area contributed by atoms with Gasteiger partial charge in [-0.3, -0.25) is 9.78 Å². The number of nitrogens with zero attached hydrogens (tertiary/aromatic N) is 5. The molecule has 0 atom stereocenters. The van der Waals surface area contributed by atoms with E-state index in [9.17, 15) is 4.79 Å². The topological polar surface area (TPSA) is 89.9 Å². The van der Waals surface area contributed by atoms with Crippen molar-refractivity contribution in [3.05, 3.63) is 30.4 Å². The van der Waals surface area contributed by atoms with Gasteiger partial charge in [0.1, 0.15) is 12.0 Å². The highest BCUT2D eigenvalue weighted by molar-refractivity contribution is 5.92. The molecule has 0 aliphatic heterocycles. The molecule has 0 fully saturated rings. The number of nitrogens with two attached hydrogens (primary N) is 1. The maximum absolute atomic E-state index is 11.7. The lowest BCUT2D eigenvalue weighted by Gasteiger charge is -2.09. The van der Waals surface area contributed by atoms with Crippen molar-refractivity contribution < 1.29 is 4.79 Å². The Morgan fingerprint density at radius 2 is 2.18 bits per heavy atom. The average molecular weight is 232 g/mol. The Morgan fingerprint density at radius 3 is 2.76 bits per heavy atom. The molecule has 2 aromatic heterocycles. The van der Waals surface area contributed by atoms with Gasteiger partial charge < -0.3 is 10.6 Å². The van der Waals surface area contributed by atoms with Crippen LogP contribution in [0.1, 0.15) is 10.5 Å². The van der Waals surface area contributed by atoms with Crippen LogP contribution in [0.2, 0.25) is 0 Å². The molecular formula is C10H12N6O. The maximum Gasteiger partial charge on any atom is 0.272 e. The molecule has 0 bridgehead atoms. The van der Waals surface area contributed by atoms with Crippen molar-refractivity contribution in [2.75, 3.05) is 19.8 Å². The molecule has 0 radical (unpaired) electrons. The first kappa shape index (κ1) is 11.1. The molecule has 0 aliphatic carbocycles. The first-order valence-corrected chi connectivity index (χ1v) is 4.93. The number of carbonyl (C=O) groups is 1. The fourth-order valence-electron chi connectivity index (χ4n) is 1.31. The van der Waals surface area contributed by atoms with Crippen LogP contribution in [0.5, 0.6) is 0 Å². The molecule has 7 nitrogen and oxygen atoms in total. The lowest BCUT2D eigenvalue weighted by atomic mass is 10.3. The van der Waals surface area contributed by atoms with Crippen LogP contribution in [0, 0.1) is 0 Å². The molecule has 0 unspecified atom stereocenters. The molecule has 0 saturated heterocycles. The molecule has 2 heterocycles. The van der Waals surface area contributed by atoms with E-state index in [4.69, 9.17) is 5.73 Å². The highest BCUT2D eigenvalue weighted by Gasteiger charge is 2.10. The van der Waals surface area contributed by atoms with E-state index >= 15 is 0 Å². The van der Waals surface area contributed by atoms with Crippen molar-refractivity contribution in [1.82, 2.24) is 24.6 Å². The van der Waals surface area contributed by atoms with Gasteiger partial charge in [-0.1, -0.05) is 0 Å². The summed E-state index contributed by atoms with van der Waals surface area (Å²) in [5.41, 5.74) is 6.47. The molecule has 2 aromatic rings. The second-order valence-electron chi connectivity index (χ2n) is 3.65. The molecule has 2 N–H and O–H groups in total. The van der Waals surface area contributed by atoms with Crippen LogP contribution >= 0.6 is 0 Å². The molecule has 88 valence electrons. The minimum atomic E-state index is -0.167. The molecule has 0 spiro atoms. The zero-order valence-corrected chi connectivity index (χ0v) is 9.53. The number of amides is 1. The van der Waals surface area contributed by atoms with Gasteiger partial charge in [0.05, 0.1) is 5.69 Å². The molecule has 0 aromatic carbocycles. The number of hydrogen-bond acceptors (Lipinski definition) is 5. The lowest BCUT2D eigenvalue weighted by Crippen LogP contribution is -2.22. The molecule has 0 saturated carbocycles. The Kier molecular flexibility index (Phi) is 2.73. The number of nitrogen functional groups attached to an aromatic ring is 1. The number of carbonyl (C=O) groups excluding carboxylic acids is 1. The molecule has 0 aliphatic rings. The number of pyridine rings is 1.